The highest BCUT2D eigenvalue weighted by molar-refractivity contribution is 7.89. The number of carbonyl (C=O) groups is 1. The molecule has 236 valence electrons. The summed E-state index contributed by atoms with van der Waals surface area (Å²) in [4.78, 5) is 20.1. The zero-order valence-electron chi connectivity index (χ0n) is 23.9. The van der Waals surface area contributed by atoms with Gasteiger partial charge in [0, 0.05) is 24.4 Å². The van der Waals surface area contributed by atoms with Gasteiger partial charge in [-0.25, -0.2) is 22.5 Å². The van der Waals surface area contributed by atoms with Gasteiger partial charge in [-0.05, 0) is 74.4 Å². The first-order valence-corrected chi connectivity index (χ1v) is 16.6. The summed E-state index contributed by atoms with van der Waals surface area (Å²) in [6, 6.07) is 4.60. The number of sulfonamides is 1. The van der Waals surface area contributed by atoms with Gasteiger partial charge in [-0.15, -0.1) is 16.4 Å². The van der Waals surface area contributed by atoms with Gasteiger partial charge < -0.3 is 0 Å². The van der Waals surface area contributed by atoms with Gasteiger partial charge in [-0.2, -0.15) is 32.5 Å². The van der Waals surface area contributed by atoms with Crippen molar-refractivity contribution in [2.45, 2.75) is 61.7 Å². The average Bonchev–Trinajstić information content (AvgIpc) is 3.35. The van der Waals surface area contributed by atoms with E-state index >= 15 is 0 Å². The van der Waals surface area contributed by atoms with Crippen molar-refractivity contribution in [3.63, 3.8) is 0 Å². The quantitative estimate of drug-likeness (QED) is 0.191. The topological polar surface area (TPSA) is 116 Å². The molecule has 7 rings (SSSR count). The van der Waals surface area contributed by atoms with Crippen LogP contribution < -0.4 is 0 Å². The van der Waals surface area contributed by atoms with Crippen molar-refractivity contribution >= 4 is 33.2 Å². The Morgan fingerprint density at radius 2 is 1.89 bits per heavy atom. The average molecular weight is 662 g/mol. The van der Waals surface area contributed by atoms with Gasteiger partial charge in [0.15, 0.2) is 5.01 Å². The van der Waals surface area contributed by atoms with Gasteiger partial charge in [0.05, 0.1) is 34.9 Å². The molecule has 0 spiro atoms. The van der Waals surface area contributed by atoms with E-state index in [0.717, 1.165) is 29.5 Å². The zero-order chi connectivity index (χ0) is 31.7. The number of fused-ring (bicyclic) bond motifs is 2. The molecular formula is C29H27F4N7O3S2. The van der Waals surface area contributed by atoms with Crippen LogP contribution in [0.15, 0.2) is 52.6 Å². The number of hydrogen-bond donors (Lipinski definition) is 0. The molecule has 0 bridgehead atoms. The number of aryl methyl sites for hydroxylation is 1. The summed E-state index contributed by atoms with van der Waals surface area (Å²) in [7, 11) is -3.37. The second-order valence-corrected chi connectivity index (χ2v) is 14.5. The Labute approximate surface area is 259 Å². The number of nitrogens with zero attached hydrogens (tertiary/aromatic N) is 7. The third-order valence-corrected chi connectivity index (χ3v) is 11.4. The Hall–Kier alpha value is -3.76. The van der Waals surface area contributed by atoms with E-state index in [1.807, 2.05) is 11.5 Å². The SMILES string of the molecule is Cn1ncc(S(=O)(=O)N(CC(F)(F)F)[C@H]2CCC3=Cc4c(cnn4-c4ccc(F)cc4)C[C@]3(C(=O)c3nc(C4CC4)cs3)C2)n1. The zero-order valence-corrected chi connectivity index (χ0v) is 25.5. The van der Waals surface area contributed by atoms with Gasteiger partial charge >= 0.3 is 6.18 Å². The fourth-order valence-corrected chi connectivity index (χ4v) is 8.90. The van der Waals surface area contributed by atoms with Crippen molar-refractivity contribution in [3.05, 3.63) is 75.4 Å². The summed E-state index contributed by atoms with van der Waals surface area (Å²) in [6.45, 7) is -1.74. The van der Waals surface area contributed by atoms with Crippen molar-refractivity contribution in [1.29, 1.82) is 0 Å². The molecule has 0 radical (unpaired) electrons. The number of thiazole rings is 1. The third-order valence-electron chi connectivity index (χ3n) is 8.75. The highest BCUT2D eigenvalue weighted by Gasteiger charge is 2.53. The molecule has 3 aliphatic carbocycles. The number of rotatable bonds is 8. The number of carbonyl (C=O) groups excluding carboxylic acids is 1. The second-order valence-electron chi connectivity index (χ2n) is 11.8. The van der Waals surface area contributed by atoms with Crippen LogP contribution in [0.1, 0.15) is 64.8 Å². The number of benzene rings is 1. The second kappa shape index (κ2) is 10.7. The number of allylic oxidation sites excluding steroid dienone is 1. The molecule has 3 heterocycles. The highest BCUT2D eigenvalue weighted by atomic mass is 32.2. The lowest BCUT2D eigenvalue weighted by molar-refractivity contribution is -0.140. The number of aromatic nitrogens is 6. The van der Waals surface area contributed by atoms with Crippen LogP contribution in [0.3, 0.4) is 0 Å². The molecule has 0 N–H and O–H groups in total. The minimum absolute atomic E-state index is 0.0433. The first-order valence-electron chi connectivity index (χ1n) is 14.3. The summed E-state index contributed by atoms with van der Waals surface area (Å²) < 4.78 is 84.9. The van der Waals surface area contributed by atoms with E-state index in [9.17, 15) is 30.8 Å². The third kappa shape index (κ3) is 5.42. The number of ketones is 1. The molecule has 10 nitrogen and oxygen atoms in total. The van der Waals surface area contributed by atoms with Crippen molar-refractivity contribution in [3.8, 4) is 5.69 Å². The van der Waals surface area contributed by atoms with Crippen LogP contribution in [0.5, 0.6) is 0 Å². The molecule has 16 heteroatoms. The maximum absolute atomic E-state index is 14.5. The molecule has 0 aliphatic heterocycles. The van der Waals surface area contributed by atoms with Gasteiger partial charge in [0.2, 0.25) is 10.8 Å². The van der Waals surface area contributed by atoms with E-state index in [0.29, 0.717) is 32.7 Å². The minimum atomic E-state index is -4.85. The van der Waals surface area contributed by atoms with Crippen molar-refractivity contribution in [2.24, 2.45) is 12.5 Å². The summed E-state index contributed by atoms with van der Waals surface area (Å²) >= 11 is 1.20. The van der Waals surface area contributed by atoms with E-state index < -0.39 is 45.0 Å². The molecule has 4 aromatic rings. The lowest BCUT2D eigenvalue weighted by Gasteiger charge is -2.46. The summed E-state index contributed by atoms with van der Waals surface area (Å²) in [6.07, 6.45) is 1.54. The highest BCUT2D eigenvalue weighted by Crippen LogP contribution is 2.52. The van der Waals surface area contributed by atoms with Crippen LogP contribution in [0.2, 0.25) is 0 Å². The van der Waals surface area contributed by atoms with Gasteiger partial charge in [-0.3, -0.25) is 4.79 Å². The summed E-state index contributed by atoms with van der Waals surface area (Å²) in [5.74, 6) is -0.463. The molecule has 0 amide bonds. The van der Waals surface area contributed by atoms with E-state index in [4.69, 9.17) is 0 Å². The lowest BCUT2D eigenvalue weighted by atomic mass is 9.61. The van der Waals surface area contributed by atoms with E-state index in [1.165, 1.54) is 30.5 Å². The molecule has 3 aromatic heterocycles. The predicted octanol–water partition coefficient (Wildman–Crippen LogP) is 5.09. The van der Waals surface area contributed by atoms with Crippen molar-refractivity contribution in [2.75, 3.05) is 6.54 Å². The van der Waals surface area contributed by atoms with Crippen LogP contribution in [0, 0.1) is 11.2 Å². The fourth-order valence-electron chi connectivity index (χ4n) is 6.43. The Balaban J connectivity index is 1.32. The normalized spacial score (nSPS) is 21.8. The monoisotopic (exact) mass is 661 g/mol. The van der Waals surface area contributed by atoms with Gasteiger partial charge in [-0.1, -0.05) is 5.57 Å². The fraction of sp³-hybridized carbons (Fsp3) is 0.414. The van der Waals surface area contributed by atoms with Gasteiger partial charge in [0.1, 0.15) is 12.4 Å². The number of hydrogen-bond acceptors (Lipinski definition) is 8. The molecule has 2 saturated carbocycles. The van der Waals surface area contributed by atoms with Gasteiger partial charge in [0.25, 0.3) is 10.0 Å². The van der Waals surface area contributed by atoms with Crippen LogP contribution in [-0.2, 0) is 23.5 Å². The van der Waals surface area contributed by atoms with Crippen LogP contribution in [0.4, 0.5) is 17.6 Å². The molecule has 45 heavy (non-hydrogen) atoms. The van der Waals surface area contributed by atoms with Crippen LogP contribution in [0.25, 0.3) is 11.8 Å². The van der Waals surface area contributed by atoms with Crippen molar-refractivity contribution in [1.82, 2.24) is 34.1 Å². The molecule has 2 atom stereocenters. The number of alkyl halides is 3. The van der Waals surface area contributed by atoms with Crippen LogP contribution >= 0.6 is 11.3 Å². The lowest BCUT2D eigenvalue weighted by Crippen LogP contribution is -2.52. The maximum Gasteiger partial charge on any atom is 0.402 e. The van der Waals surface area contributed by atoms with E-state index in [-0.39, 0.29) is 36.5 Å². The smallest absolute Gasteiger partial charge is 0.290 e. The maximum atomic E-state index is 14.5. The largest absolute Gasteiger partial charge is 0.402 e. The number of Topliss-reactive ketones (excluding diaryl/α,β-unsaturated/α-hetero) is 1. The minimum Gasteiger partial charge on any atom is -0.290 e. The first-order chi connectivity index (χ1) is 21.3. The number of halogens is 4. The Kier molecular flexibility index (Phi) is 7.09. The Bertz CT molecular complexity index is 1930. The predicted molar refractivity (Wildman–Crippen MR) is 155 cm³/mol. The van der Waals surface area contributed by atoms with Crippen molar-refractivity contribution < 1.29 is 30.8 Å². The Morgan fingerprint density at radius 3 is 2.56 bits per heavy atom. The van der Waals surface area contributed by atoms with E-state index in [1.54, 1.807) is 23.0 Å². The molecule has 2 fully saturated rings. The molecule has 1 aromatic carbocycles. The van der Waals surface area contributed by atoms with Crippen LogP contribution in [-0.4, -0.2) is 67.0 Å². The first kappa shape index (κ1) is 29.9. The standard InChI is InChI=1S/C29H27F4N7O3S2/c1-38-34-14-25(37-38)45(42,43)39(16-29(31,32)33)22-7-4-19-10-24-18(13-35-40(24)21-8-5-20(30)6-9-21)11-28(19,12-22)26(41)27-36-23(15-44-27)17-2-3-17/h5-6,8-10,13-15,17,22H,2-4,7,11-12,16H2,1H3/t22-,28-/m0/s1. The molecule has 0 saturated heterocycles. The summed E-state index contributed by atoms with van der Waals surface area (Å²) in [5, 5.41) is 13.5. The Morgan fingerprint density at radius 1 is 1.13 bits per heavy atom. The molecule has 0 unspecified atom stereocenters. The molecule has 3 aliphatic rings. The summed E-state index contributed by atoms with van der Waals surface area (Å²) in [5.41, 5.74) is 2.08. The van der Waals surface area contributed by atoms with E-state index in [2.05, 4.69) is 20.3 Å². The molecular weight excluding hydrogens is 634 g/mol.